The fraction of sp³-hybridized carbons (Fsp3) is 0.667. The van der Waals surface area contributed by atoms with Gasteiger partial charge in [-0.3, -0.25) is 9.59 Å². The lowest BCUT2D eigenvalue weighted by Gasteiger charge is -2.07. The molecular weight excluding hydrogens is 216 g/mol. The molecule has 5 nitrogen and oxygen atoms in total. The summed E-state index contributed by atoms with van der Waals surface area (Å²) in [6.07, 6.45) is 0.421. The Labute approximate surface area is 92.8 Å². The van der Waals surface area contributed by atoms with Crippen LogP contribution in [0, 0.1) is 17.2 Å². The second kappa shape index (κ2) is 8.12. The Balaban J connectivity index is 3.47. The summed E-state index contributed by atoms with van der Waals surface area (Å²) in [5.74, 6) is -0.929. The minimum atomic E-state index is -0.858. The molecule has 0 saturated heterocycles. The maximum absolute atomic E-state index is 11.1. The van der Waals surface area contributed by atoms with Crippen molar-refractivity contribution in [3.63, 3.8) is 0 Å². The summed E-state index contributed by atoms with van der Waals surface area (Å²) in [6, 6.07) is 1.92. The van der Waals surface area contributed by atoms with Crippen LogP contribution in [0.15, 0.2) is 0 Å². The number of carbonyl (C=O) groups is 2. The molecule has 0 fully saturated rings. The highest BCUT2D eigenvalue weighted by molar-refractivity contribution is 8.00. The zero-order chi connectivity index (χ0) is 11.7. The van der Waals surface area contributed by atoms with Gasteiger partial charge in [-0.05, 0) is 6.42 Å². The third-order valence-corrected chi connectivity index (χ3v) is 2.52. The van der Waals surface area contributed by atoms with Crippen LogP contribution in [-0.2, 0) is 9.59 Å². The molecule has 1 amide bonds. The molecule has 6 heteroatoms. The highest BCUT2D eigenvalue weighted by Crippen LogP contribution is 2.00. The molecule has 0 heterocycles. The number of hydrogen-bond donors (Lipinski definition) is 2. The van der Waals surface area contributed by atoms with Gasteiger partial charge in [0.15, 0.2) is 0 Å². The van der Waals surface area contributed by atoms with Gasteiger partial charge in [-0.2, -0.15) is 5.26 Å². The molecule has 0 aliphatic rings. The predicted molar refractivity (Wildman–Crippen MR) is 57.4 cm³/mol. The standard InChI is InChI=1S/C9H14N2O3S/c1-7(9(13)14)2-4-11-8(12)6-15-5-3-10/h7H,2,4-6H2,1H3,(H,11,12)(H,13,14). The Kier molecular flexibility index (Phi) is 7.46. The molecule has 2 N–H and O–H groups in total. The van der Waals surface area contributed by atoms with Gasteiger partial charge in [0.05, 0.1) is 23.5 Å². The monoisotopic (exact) mass is 230 g/mol. The molecule has 0 aromatic carbocycles. The van der Waals surface area contributed by atoms with Crippen molar-refractivity contribution in [2.24, 2.45) is 5.92 Å². The Morgan fingerprint density at radius 1 is 1.60 bits per heavy atom. The lowest BCUT2D eigenvalue weighted by Crippen LogP contribution is -2.28. The van der Waals surface area contributed by atoms with E-state index < -0.39 is 11.9 Å². The first kappa shape index (κ1) is 13.8. The van der Waals surface area contributed by atoms with E-state index in [1.807, 2.05) is 6.07 Å². The molecule has 0 aromatic rings. The normalized spacial score (nSPS) is 11.5. The topological polar surface area (TPSA) is 90.2 Å². The van der Waals surface area contributed by atoms with Gasteiger partial charge in [-0.1, -0.05) is 6.92 Å². The lowest BCUT2D eigenvalue weighted by atomic mass is 10.1. The van der Waals surface area contributed by atoms with Gasteiger partial charge < -0.3 is 10.4 Å². The van der Waals surface area contributed by atoms with Crippen molar-refractivity contribution in [3.8, 4) is 6.07 Å². The number of nitrogens with one attached hydrogen (secondary N) is 1. The van der Waals surface area contributed by atoms with Crippen LogP contribution in [0.1, 0.15) is 13.3 Å². The van der Waals surface area contributed by atoms with Crippen LogP contribution in [0.3, 0.4) is 0 Å². The minimum Gasteiger partial charge on any atom is -0.481 e. The summed E-state index contributed by atoms with van der Waals surface area (Å²) in [5.41, 5.74) is 0. The molecule has 1 atom stereocenters. The molecule has 84 valence electrons. The number of carbonyl (C=O) groups excluding carboxylic acids is 1. The van der Waals surface area contributed by atoms with Gasteiger partial charge in [0.1, 0.15) is 0 Å². The SMILES string of the molecule is CC(CCNC(=O)CSCC#N)C(=O)O. The highest BCUT2D eigenvalue weighted by atomic mass is 32.2. The zero-order valence-electron chi connectivity index (χ0n) is 8.52. The van der Waals surface area contributed by atoms with Gasteiger partial charge >= 0.3 is 5.97 Å². The van der Waals surface area contributed by atoms with Crippen molar-refractivity contribution in [2.45, 2.75) is 13.3 Å². The molecule has 0 spiro atoms. The first-order valence-electron chi connectivity index (χ1n) is 4.52. The number of thioether (sulfide) groups is 1. The third kappa shape index (κ3) is 7.82. The van der Waals surface area contributed by atoms with Gasteiger partial charge in [0.25, 0.3) is 0 Å². The van der Waals surface area contributed by atoms with Crippen LogP contribution in [0.25, 0.3) is 0 Å². The van der Waals surface area contributed by atoms with Crippen molar-refractivity contribution >= 4 is 23.6 Å². The summed E-state index contributed by atoms with van der Waals surface area (Å²) in [7, 11) is 0. The Morgan fingerprint density at radius 3 is 2.80 bits per heavy atom. The molecule has 0 aliphatic carbocycles. The van der Waals surface area contributed by atoms with Crippen molar-refractivity contribution in [1.82, 2.24) is 5.32 Å². The second-order valence-corrected chi connectivity index (χ2v) is 4.01. The maximum atomic E-state index is 11.1. The van der Waals surface area contributed by atoms with Crippen LogP contribution in [-0.4, -0.2) is 35.0 Å². The molecule has 0 aromatic heterocycles. The highest BCUT2D eigenvalue weighted by Gasteiger charge is 2.10. The summed E-state index contributed by atoms with van der Waals surface area (Å²) in [6.45, 7) is 1.96. The van der Waals surface area contributed by atoms with Crippen molar-refractivity contribution in [2.75, 3.05) is 18.1 Å². The number of nitriles is 1. The number of nitrogens with zero attached hydrogens (tertiary/aromatic N) is 1. The lowest BCUT2D eigenvalue weighted by molar-refractivity contribution is -0.141. The smallest absolute Gasteiger partial charge is 0.306 e. The second-order valence-electron chi connectivity index (χ2n) is 3.03. The summed E-state index contributed by atoms with van der Waals surface area (Å²) in [5, 5.41) is 19.4. The molecule has 0 rings (SSSR count). The first-order valence-corrected chi connectivity index (χ1v) is 5.67. The predicted octanol–water partition coefficient (Wildman–Crippen LogP) is 0.470. The summed E-state index contributed by atoms with van der Waals surface area (Å²) in [4.78, 5) is 21.5. The van der Waals surface area contributed by atoms with Gasteiger partial charge in [-0.25, -0.2) is 0 Å². The molecular formula is C9H14N2O3S. The van der Waals surface area contributed by atoms with Gasteiger partial charge in [-0.15, -0.1) is 11.8 Å². The van der Waals surface area contributed by atoms with Crippen LogP contribution in [0.2, 0.25) is 0 Å². The first-order chi connectivity index (χ1) is 7.07. The average Bonchev–Trinajstić information content (AvgIpc) is 2.18. The molecule has 0 bridgehead atoms. The van der Waals surface area contributed by atoms with Crippen molar-refractivity contribution in [1.29, 1.82) is 5.26 Å². The van der Waals surface area contributed by atoms with E-state index in [1.54, 1.807) is 6.92 Å². The fourth-order valence-electron chi connectivity index (χ4n) is 0.792. The number of aliphatic carboxylic acids is 1. The summed E-state index contributed by atoms with van der Waals surface area (Å²) >= 11 is 1.24. The van der Waals surface area contributed by atoms with E-state index in [4.69, 9.17) is 10.4 Å². The van der Waals surface area contributed by atoms with E-state index in [2.05, 4.69) is 5.32 Å². The van der Waals surface area contributed by atoms with E-state index in [-0.39, 0.29) is 11.7 Å². The number of rotatable bonds is 7. The number of carboxylic acid groups (broad SMARTS) is 1. The Morgan fingerprint density at radius 2 is 2.27 bits per heavy atom. The number of carboxylic acids is 1. The van der Waals surface area contributed by atoms with Crippen LogP contribution in [0.5, 0.6) is 0 Å². The minimum absolute atomic E-state index is 0.159. The van der Waals surface area contributed by atoms with Crippen molar-refractivity contribution < 1.29 is 14.7 Å². The summed E-state index contributed by atoms with van der Waals surface area (Å²) < 4.78 is 0. The molecule has 0 radical (unpaired) electrons. The number of hydrogen-bond acceptors (Lipinski definition) is 4. The Hall–Kier alpha value is -1.22. The molecule has 0 aliphatic heterocycles. The van der Waals surface area contributed by atoms with Crippen molar-refractivity contribution in [3.05, 3.63) is 0 Å². The Bertz CT molecular complexity index is 263. The zero-order valence-corrected chi connectivity index (χ0v) is 9.34. The van der Waals surface area contributed by atoms with Crippen LogP contribution in [0.4, 0.5) is 0 Å². The van der Waals surface area contributed by atoms with E-state index >= 15 is 0 Å². The molecule has 1 unspecified atom stereocenters. The maximum Gasteiger partial charge on any atom is 0.306 e. The van der Waals surface area contributed by atoms with Crippen LogP contribution >= 0.6 is 11.8 Å². The van der Waals surface area contributed by atoms with Gasteiger partial charge in [0, 0.05) is 6.54 Å². The van der Waals surface area contributed by atoms with Gasteiger partial charge in [0.2, 0.25) is 5.91 Å². The molecule has 0 saturated carbocycles. The fourth-order valence-corrected chi connectivity index (χ4v) is 1.27. The number of amides is 1. The molecule has 15 heavy (non-hydrogen) atoms. The largest absolute Gasteiger partial charge is 0.481 e. The third-order valence-electron chi connectivity index (χ3n) is 1.72. The van der Waals surface area contributed by atoms with Crippen LogP contribution < -0.4 is 5.32 Å². The van der Waals surface area contributed by atoms with E-state index in [0.717, 1.165) is 0 Å². The van der Waals surface area contributed by atoms with E-state index in [1.165, 1.54) is 11.8 Å². The van der Waals surface area contributed by atoms with E-state index in [0.29, 0.717) is 18.7 Å². The quantitative estimate of drug-likeness (QED) is 0.620. The van der Waals surface area contributed by atoms with E-state index in [9.17, 15) is 9.59 Å². The average molecular weight is 230 g/mol.